The van der Waals surface area contributed by atoms with E-state index in [2.05, 4.69) is 6.07 Å². The second-order valence-corrected chi connectivity index (χ2v) is 4.31. The molecule has 0 amide bonds. The van der Waals surface area contributed by atoms with Crippen LogP contribution in [0, 0.1) is 17.1 Å². The maximum absolute atomic E-state index is 13.2. The van der Waals surface area contributed by atoms with Gasteiger partial charge < -0.3 is 14.7 Å². The van der Waals surface area contributed by atoms with Gasteiger partial charge in [-0.3, -0.25) is 0 Å². The minimum atomic E-state index is -0.751. The minimum Gasteiger partial charge on any atom is -0.389 e. The Labute approximate surface area is 105 Å². The maximum atomic E-state index is 13.2. The summed E-state index contributed by atoms with van der Waals surface area (Å²) in [5, 5.41) is 18.6. The van der Waals surface area contributed by atoms with E-state index < -0.39 is 12.2 Å². The summed E-state index contributed by atoms with van der Waals surface area (Å²) in [5.74, 6) is -0.375. The van der Waals surface area contributed by atoms with E-state index in [1.165, 1.54) is 12.1 Å². The van der Waals surface area contributed by atoms with Crippen LogP contribution in [0.15, 0.2) is 18.2 Å². The van der Waals surface area contributed by atoms with Crippen LogP contribution >= 0.6 is 0 Å². The third kappa shape index (κ3) is 2.61. The van der Waals surface area contributed by atoms with E-state index >= 15 is 0 Å². The van der Waals surface area contributed by atoms with Crippen molar-refractivity contribution in [1.29, 1.82) is 5.26 Å². The van der Waals surface area contributed by atoms with Crippen molar-refractivity contribution in [3.63, 3.8) is 0 Å². The molecule has 0 bridgehead atoms. The number of hydrogen-bond acceptors (Lipinski definition) is 4. The first-order valence-corrected chi connectivity index (χ1v) is 5.85. The zero-order chi connectivity index (χ0) is 13.1. The van der Waals surface area contributed by atoms with Gasteiger partial charge in [-0.1, -0.05) is 0 Å². The molecule has 0 aromatic heterocycles. The second-order valence-electron chi connectivity index (χ2n) is 4.31. The average molecular weight is 250 g/mol. The number of benzene rings is 1. The Morgan fingerprint density at radius 1 is 1.61 bits per heavy atom. The Kier molecular flexibility index (Phi) is 3.80. The molecule has 96 valence electrons. The number of aliphatic hydroxyl groups is 1. The molecule has 0 spiro atoms. The van der Waals surface area contributed by atoms with E-state index in [4.69, 9.17) is 10.00 Å². The van der Waals surface area contributed by atoms with Crippen LogP contribution in [0.3, 0.4) is 0 Å². The number of aliphatic hydroxyl groups excluding tert-OH is 1. The fourth-order valence-electron chi connectivity index (χ4n) is 2.09. The molecule has 5 heteroatoms. The lowest BCUT2D eigenvalue weighted by molar-refractivity contribution is 0.0761. The van der Waals surface area contributed by atoms with Gasteiger partial charge >= 0.3 is 0 Å². The summed E-state index contributed by atoms with van der Waals surface area (Å²) < 4.78 is 18.5. The van der Waals surface area contributed by atoms with Gasteiger partial charge in [0, 0.05) is 17.8 Å². The molecule has 1 unspecified atom stereocenters. The molecular formula is C13H15FN2O2. The lowest BCUT2D eigenvalue weighted by Gasteiger charge is -2.33. The van der Waals surface area contributed by atoms with Gasteiger partial charge in [-0.25, -0.2) is 4.39 Å². The predicted molar refractivity (Wildman–Crippen MR) is 64.6 cm³/mol. The summed E-state index contributed by atoms with van der Waals surface area (Å²) in [6, 6.07) is 6.39. The van der Waals surface area contributed by atoms with Crippen LogP contribution in [0.4, 0.5) is 10.1 Å². The van der Waals surface area contributed by atoms with Gasteiger partial charge in [-0.2, -0.15) is 5.26 Å². The molecule has 18 heavy (non-hydrogen) atoms. The molecule has 1 heterocycles. The van der Waals surface area contributed by atoms with Crippen molar-refractivity contribution in [2.75, 3.05) is 24.6 Å². The first-order valence-electron chi connectivity index (χ1n) is 5.85. The highest BCUT2D eigenvalue weighted by Gasteiger charge is 2.23. The fourth-order valence-corrected chi connectivity index (χ4v) is 2.09. The Hall–Kier alpha value is -1.64. The van der Waals surface area contributed by atoms with Crippen LogP contribution in [0.1, 0.15) is 18.6 Å². The largest absolute Gasteiger partial charge is 0.389 e. The van der Waals surface area contributed by atoms with Crippen LogP contribution in [0.2, 0.25) is 0 Å². The van der Waals surface area contributed by atoms with Gasteiger partial charge in [-0.15, -0.1) is 0 Å². The molecule has 1 N–H and O–H groups in total. The zero-order valence-electron chi connectivity index (χ0n) is 10.1. The van der Waals surface area contributed by atoms with Crippen LogP contribution < -0.4 is 4.90 Å². The summed E-state index contributed by atoms with van der Waals surface area (Å²) in [5.41, 5.74) is 1.29. The van der Waals surface area contributed by atoms with Gasteiger partial charge in [0.15, 0.2) is 6.10 Å². The molecule has 1 saturated heterocycles. The molecule has 1 aromatic carbocycles. The van der Waals surface area contributed by atoms with Gasteiger partial charge in [0.2, 0.25) is 0 Å². The van der Waals surface area contributed by atoms with Crippen molar-refractivity contribution in [3.05, 3.63) is 29.6 Å². The molecular weight excluding hydrogens is 235 g/mol. The lowest BCUT2D eigenvalue weighted by Crippen LogP contribution is -2.42. The Morgan fingerprint density at radius 3 is 3.06 bits per heavy atom. The van der Waals surface area contributed by atoms with Crippen molar-refractivity contribution in [1.82, 2.24) is 0 Å². The summed E-state index contributed by atoms with van der Waals surface area (Å²) >= 11 is 0. The van der Waals surface area contributed by atoms with Crippen molar-refractivity contribution in [2.45, 2.75) is 19.1 Å². The molecule has 0 radical (unpaired) electrons. The number of rotatable bonds is 2. The summed E-state index contributed by atoms with van der Waals surface area (Å²) in [7, 11) is 0. The number of nitrogens with zero attached hydrogens (tertiary/aromatic N) is 2. The van der Waals surface area contributed by atoms with Crippen LogP contribution in [-0.2, 0) is 4.74 Å². The minimum absolute atomic E-state index is 0.375. The number of anilines is 1. The van der Waals surface area contributed by atoms with Crippen molar-refractivity contribution >= 4 is 5.69 Å². The quantitative estimate of drug-likeness (QED) is 0.866. The number of nitriles is 1. The highest BCUT2D eigenvalue weighted by Crippen LogP contribution is 2.28. The van der Waals surface area contributed by atoms with E-state index in [1.807, 2.05) is 4.90 Å². The zero-order valence-corrected chi connectivity index (χ0v) is 10.1. The highest BCUT2D eigenvalue weighted by atomic mass is 19.1. The van der Waals surface area contributed by atoms with E-state index in [0.29, 0.717) is 25.3 Å². The first kappa shape index (κ1) is 12.8. The normalized spacial score (nSPS) is 21.4. The fraction of sp³-hybridized carbons (Fsp3) is 0.462. The smallest absolute Gasteiger partial charge is 0.161 e. The topological polar surface area (TPSA) is 56.5 Å². The highest BCUT2D eigenvalue weighted by molar-refractivity contribution is 5.55. The van der Waals surface area contributed by atoms with Gasteiger partial charge in [0.1, 0.15) is 5.82 Å². The van der Waals surface area contributed by atoms with Crippen LogP contribution in [-0.4, -0.2) is 30.9 Å². The van der Waals surface area contributed by atoms with Crippen molar-refractivity contribution < 1.29 is 14.2 Å². The molecule has 1 aromatic rings. The molecule has 4 nitrogen and oxygen atoms in total. The molecule has 0 saturated carbocycles. The lowest BCUT2D eigenvalue weighted by atomic mass is 10.1. The third-order valence-corrected chi connectivity index (χ3v) is 2.99. The first-order chi connectivity index (χ1) is 8.61. The average Bonchev–Trinajstić information content (AvgIpc) is 2.38. The SMILES string of the molecule is C[C@@H](O)c1cc(F)ccc1N1CCOC(C#N)C1. The molecule has 2 rings (SSSR count). The summed E-state index contributed by atoms with van der Waals surface area (Å²) in [6.07, 6.45) is -1.23. The summed E-state index contributed by atoms with van der Waals surface area (Å²) in [6.45, 7) is 3.11. The third-order valence-electron chi connectivity index (χ3n) is 2.99. The van der Waals surface area contributed by atoms with E-state index in [-0.39, 0.29) is 5.82 Å². The number of hydrogen-bond donors (Lipinski definition) is 1. The van der Waals surface area contributed by atoms with Crippen LogP contribution in [0.25, 0.3) is 0 Å². The Morgan fingerprint density at radius 2 is 2.39 bits per heavy atom. The van der Waals surface area contributed by atoms with Crippen molar-refractivity contribution in [3.8, 4) is 6.07 Å². The molecule has 0 aliphatic carbocycles. The molecule has 1 fully saturated rings. The second kappa shape index (κ2) is 5.34. The number of halogens is 1. The summed E-state index contributed by atoms with van der Waals surface area (Å²) in [4.78, 5) is 1.94. The van der Waals surface area contributed by atoms with Gasteiger partial charge in [0.05, 0.1) is 25.3 Å². The van der Waals surface area contributed by atoms with E-state index in [0.717, 1.165) is 5.69 Å². The van der Waals surface area contributed by atoms with Crippen molar-refractivity contribution in [2.24, 2.45) is 0 Å². The monoisotopic (exact) mass is 250 g/mol. The van der Waals surface area contributed by atoms with E-state index in [9.17, 15) is 9.50 Å². The Bertz CT molecular complexity index is 471. The molecule has 2 atom stereocenters. The van der Waals surface area contributed by atoms with E-state index in [1.54, 1.807) is 13.0 Å². The maximum Gasteiger partial charge on any atom is 0.161 e. The van der Waals surface area contributed by atoms with Crippen LogP contribution in [0.5, 0.6) is 0 Å². The molecule has 1 aliphatic heterocycles. The number of ether oxygens (including phenoxy) is 1. The van der Waals surface area contributed by atoms with Gasteiger partial charge in [-0.05, 0) is 25.1 Å². The standard InChI is InChI=1S/C13H15FN2O2/c1-9(17)12-6-10(14)2-3-13(12)16-4-5-18-11(7-15)8-16/h2-3,6,9,11,17H,4-5,8H2,1H3/t9-,11?/m1/s1. The predicted octanol–water partition coefficient (Wildman–Crippen LogP) is 1.61. The number of morpholine rings is 1. The Balaban J connectivity index is 2.30. The molecule has 1 aliphatic rings. The van der Waals surface area contributed by atoms with Gasteiger partial charge in [0.25, 0.3) is 0 Å².